The maximum atomic E-state index is 11.5. The molecule has 0 saturated carbocycles. The third-order valence-corrected chi connectivity index (χ3v) is 3.73. The molecule has 4 nitrogen and oxygen atoms in total. The highest BCUT2D eigenvalue weighted by Gasteiger charge is 2.18. The van der Waals surface area contributed by atoms with Crippen molar-refractivity contribution in [2.24, 2.45) is 5.41 Å². The zero-order chi connectivity index (χ0) is 15.9. The predicted molar refractivity (Wildman–Crippen MR) is 84.4 cm³/mol. The first kappa shape index (κ1) is 17.8. The Bertz CT molecular complexity index is 449. The molecule has 0 spiro atoms. The van der Waals surface area contributed by atoms with Crippen LogP contribution in [-0.4, -0.2) is 19.6 Å². The van der Waals surface area contributed by atoms with Crippen molar-refractivity contribution in [2.45, 2.75) is 59.9 Å². The summed E-state index contributed by atoms with van der Waals surface area (Å²) in [6.07, 6.45) is 5.05. The monoisotopic (exact) mass is 295 g/mol. The van der Waals surface area contributed by atoms with Crippen molar-refractivity contribution in [1.82, 2.24) is 5.32 Å². The lowest BCUT2D eigenvalue weighted by atomic mass is 9.87. The van der Waals surface area contributed by atoms with Gasteiger partial charge in [-0.2, -0.15) is 0 Å². The summed E-state index contributed by atoms with van der Waals surface area (Å²) in [5, 5.41) is 3.42. The van der Waals surface area contributed by atoms with Crippen molar-refractivity contribution in [3.63, 3.8) is 0 Å². The van der Waals surface area contributed by atoms with E-state index in [1.54, 1.807) is 13.0 Å². The Morgan fingerprint density at radius 2 is 2.10 bits per heavy atom. The fourth-order valence-corrected chi connectivity index (χ4v) is 2.41. The summed E-state index contributed by atoms with van der Waals surface area (Å²) < 4.78 is 10.3. The SMILES string of the molecule is CCCCCC(C)(C)CNCc1cc(C(=O)OC)c(C)o1. The molecule has 120 valence electrons. The van der Waals surface area contributed by atoms with Gasteiger partial charge in [-0.3, -0.25) is 0 Å². The Kier molecular flexibility index (Phi) is 6.96. The summed E-state index contributed by atoms with van der Waals surface area (Å²) in [5.41, 5.74) is 0.790. The van der Waals surface area contributed by atoms with E-state index in [-0.39, 0.29) is 11.4 Å². The van der Waals surface area contributed by atoms with Gasteiger partial charge >= 0.3 is 5.97 Å². The van der Waals surface area contributed by atoms with Gasteiger partial charge in [0.05, 0.1) is 13.7 Å². The number of carbonyl (C=O) groups is 1. The number of nitrogens with one attached hydrogen (secondary N) is 1. The summed E-state index contributed by atoms with van der Waals surface area (Å²) in [6.45, 7) is 10.1. The van der Waals surface area contributed by atoms with Gasteiger partial charge in [0.1, 0.15) is 17.1 Å². The summed E-state index contributed by atoms with van der Waals surface area (Å²) in [5.74, 6) is 1.04. The summed E-state index contributed by atoms with van der Waals surface area (Å²) >= 11 is 0. The molecule has 1 aromatic rings. The van der Waals surface area contributed by atoms with Crippen LogP contribution in [0.2, 0.25) is 0 Å². The molecule has 1 N–H and O–H groups in total. The van der Waals surface area contributed by atoms with Crippen LogP contribution in [0.25, 0.3) is 0 Å². The normalized spacial score (nSPS) is 11.7. The van der Waals surface area contributed by atoms with Crippen molar-refractivity contribution in [3.05, 3.63) is 23.2 Å². The number of furan rings is 1. The number of ether oxygens (including phenoxy) is 1. The Morgan fingerprint density at radius 3 is 2.71 bits per heavy atom. The van der Waals surface area contributed by atoms with E-state index in [9.17, 15) is 4.79 Å². The molecule has 1 aromatic heterocycles. The van der Waals surface area contributed by atoms with Crippen LogP contribution in [0.3, 0.4) is 0 Å². The van der Waals surface area contributed by atoms with Gasteiger partial charge in [0, 0.05) is 6.54 Å². The fraction of sp³-hybridized carbons (Fsp3) is 0.706. The van der Waals surface area contributed by atoms with Gasteiger partial charge in [0.2, 0.25) is 0 Å². The Balaban J connectivity index is 2.43. The van der Waals surface area contributed by atoms with Crippen LogP contribution in [0.15, 0.2) is 10.5 Å². The Labute approximate surface area is 128 Å². The molecule has 0 aromatic carbocycles. The van der Waals surface area contributed by atoms with E-state index in [0.717, 1.165) is 12.3 Å². The molecule has 0 atom stereocenters. The largest absolute Gasteiger partial charge is 0.465 e. The van der Waals surface area contributed by atoms with Crippen molar-refractivity contribution >= 4 is 5.97 Å². The lowest BCUT2D eigenvalue weighted by molar-refractivity contribution is 0.0599. The van der Waals surface area contributed by atoms with Crippen molar-refractivity contribution < 1.29 is 13.9 Å². The highest BCUT2D eigenvalue weighted by molar-refractivity contribution is 5.90. The van der Waals surface area contributed by atoms with E-state index in [1.165, 1.54) is 32.8 Å². The summed E-state index contributed by atoms with van der Waals surface area (Å²) in [6, 6.07) is 1.76. The average Bonchev–Trinajstić information content (AvgIpc) is 2.79. The number of esters is 1. The van der Waals surface area contributed by atoms with Gasteiger partial charge in [0.15, 0.2) is 0 Å². The number of rotatable bonds is 9. The third kappa shape index (κ3) is 5.92. The van der Waals surface area contributed by atoms with Crippen molar-refractivity contribution in [3.8, 4) is 0 Å². The molecule has 0 aliphatic carbocycles. The summed E-state index contributed by atoms with van der Waals surface area (Å²) in [4.78, 5) is 11.5. The molecule has 0 fully saturated rings. The highest BCUT2D eigenvalue weighted by Crippen LogP contribution is 2.23. The van der Waals surface area contributed by atoms with Crippen molar-refractivity contribution in [1.29, 1.82) is 0 Å². The van der Waals surface area contributed by atoms with Gasteiger partial charge in [0.25, 0.3) is 0 Å². The molecule has 0 radical (unpaired) electrons. The van der Waals surface area contributed by atoms with Crippen LogP contribution >= 0.6 is 0 Å². The van der Waals surface area contributed by atoms with Crippen LogP contribution in [0.5, 0.6) is 0 Å². The fourth-order valence-electron chi connectivity index (χ4n) is 2.41. The second kappa shape index (κ2) is 8.23. The Hall–Kier alpha value is -1.29. The van der Waals surface area contributed by atoms with Crippen LogP contribution in [0.4, 0.5) is 0 Å². The van der Waals surface area contributed by atoms with E-state index in [4.69, 9.17) is 9.15 Å². The second-order valence-electron chi connectivity index (χ2n) is 6.40. The minimum Gasteiger partial charge on any atom is -0.465 e. The second-order valence-corrected chi connectivity index (χ2v) is 6.40. The highest BCUT2D eigenvalue weighted by atomic mass is 16.5. The molecule has 0 saturated heterocycles. The molecule has 0 unspecified atom stereocenters. The molecular formula is C17H29NO3. The minimum absolute atomic E-state index is 0.280. The van der Waals surface area contributed by atoms with Gasteiger partial charge in [-0.25, -0.2) is 4.79 Å². The van der Waals surface area contributed by atoms with Crippen LogP contribution in [0.1, 0.15) is 68.3 Å². The number of unbranched alkanes of at least 4 members (excludes halogenated alkanes) is 2. The van der Waals surface area contributed by atoms with Gasteiger partial charge in [-0.15, -0.1) is 0 Å². The molecule has 0 aliphatic rings. The van der Waals surface area contributed by atoms with Gasteiger partial charge in [-0.1, -0.05) is 40.0 Å². The maximum Gasteiger partial charge on any atom is 0.341 e. The average molecular weight is 295 g/mol. The number of methoxy groups -OCH3 is 1. The molecule has 21 heavy (non-hydrogen) atoms. The quantitative estimate of drug-likeness (QED) is 0.551. The first-order valence-corrected chi connectivity index (χ1v) is 7.78. The number of hydrogen-bond acceptors (Lipinski definition) is 4. The van der Waals surface area contributed by atoms with E-state index >= 15 is 0 Å². The van der Waals surface area contributed by atoms with E-state index in [2.05, 4.69) is 26.1 Å². The smallest absolute Gasteiger partial charge is 0.341 e. The number of carbonyl (C=O) groups excluding carboxylic acids is 1. The molecule has 0 aliphatic heterocycles. The standard InChI is InChI=1S/C17H29NO3/c1-6-7-8-9-17(3,4)12-18-11-14-10-15(13(2)21-14)16(19)20-5/h10,18H,6-9,11-12H2,1-5H3. The maximum absolute atomic E-state index is 11.5. The lowest BCUT2D eigenvalue weighted by Gasteiger charge is -2.24. The third-order valence-electron chi connectivity index (χ3n) is 3.73. The lowest BCUT2D eigenvalue weighted by Crippen LogP contribution is -2.29. The number of aryl methyl sites for hydroxylation is 1. The zero-order valence-electron chi connectivity index (χ0n) is 14.0. The van der Waals surface area contributed by atoms with Crippen LogP contribution in [0, 0.1) is 12.3 Å². The molecule has 1 rings (SSSR count). The Morgan fingerprint density at radius 1 is 1.38 bits per heavy atom. The molecule has 1 heterocycles. The van der Waals surface area contributed by atoms with Gasteiger partial charge in [-0.05, 0) is 24.8 Å². The zero-order valence-corrected chi connectivity index (χ0v) is 14.0. The molecule has 0 bridgehead atoms. The summed E-state index contributed by atoms with van der Waals surface area (Å²) in [7, 11) is 1.38. The van der Waals surface area contributed by atoms with E-state index < -0.39 is 0 Å². The first-order chi connectivity index (χ1) is 9.89. The topological polar surface area (TPSA) is 51.5 Å². The van der Waals surface area contributed by atoms with Crippen LogP contribution < -0.4 is 5.32 Å². The molecule has 4 heteroatoms. The van der Waals surface area contributed by atoms with E-state index in [1.807, 2.05) is 0 Å². The van der Waals surface area contributed by atoms with Crippen molar-refractivity contribution in [2.75, 3.05) is 13.7 Å². The first-order valence-electron chi connectivity index (χ1n) is 7.78. The minimum atomic E-state index is -0.345. The van der Waals surface area contributed by atoms with E-state index in [0.29, 0.717) is 17.9 Å². The predicted octanol–water partition coefficient (Wildman–Crippen LogP) is 4.07. The number of hydrogen-bond donors (Lipinski definition) is 1. The van der Waals surface area contributed by atoms with Gasteiger partial charge < -0.3 is 14.5 Å². The van der Waals surface area contributed by atoms with Crippen LogP contribution in [-0.2, 0) is 11.3 Å². The molecular weight excluding hydrogens is 266 g/mol. The molecule has 0 amide bonds.